The van der Waals surface area contributed by atoms with E-state index < -0.39 is 15.8 Å². The van der Waals surface area contributed by atoms with Crippen LogP contribution in [0.2, 0.25) is 0 Å². The molecule has 1 aromatic heterocycles. The van der Waals surface area contributed by atoms with Crippen molar-refractivity contribution in [2.75, 3.05) is 31.4 Å². The zero-order chi connectivity index (χ0) is 21.7. The van der Waals surface area contributed by atoms with E-state index in [9.17, 15) is 12.8 Å². The van der Waals surface area contributed by atoms with Gasteiger partial charge in [-0.2, -0.15) is 0 Å². The quantitative estimate of drug-likeness (QED) is 0.558. The van der Waals surface area contributed by atoms with Gasteiger partial charge in [0.15, 0.2) is 17.3 Å². The highest BCUT2D eigenvalue weighted by Crippen LogP contribution is 2.40. The predicted octanol–water partition coefficient (Wildman–Crippen LogP) is 3.79. The number of aromatic nitrogens is 1. The third kappa shape index (κ3) is 4.54. The smallest absolute Gasteiger partial charge is 0.265 e. The lowest BCUT2D eigenvalue weighted by Crippen LogP contribution is -2.15. The van der Waals surface area contributed by atoms with Crippen LogP contribution < -0.4 is 24.2 Å². The monoisotopic (exact) mass is 433 g/mol. The van der Waals surface area contributed by atoms with Crippen molar-refractivity contribution in [1.29, 1.82) is 0 Å². The predicted molar refractivity (Wildman–Crippen MR) is 111 cm³/mol. The molecule has 158 valence electrons. The topological polar surface area (TPSA) is 98.8 Å². The number of nitrogens with one attached hydrogen (secondary N) is 2. The molecule has 3 aromatic rings. The molecule has 0 bridgehead atoms. The van der Waals surface area contributed by atoms with E-state index in [4.69, 9.17) is 14.2 Å². The van der Waals surface area contributed by atoms with Gasteiger partial charge in [0, 0.05) is 29.7 Å². The van der Waals surface area contributed by atoms with Gasteiger partial charge in [-0.25, -0.2) is 17.8 Å². The molecule has 0 aliphatic carbocycles. The maximum Gasteiger partial charge on any atom is 0.265 e. The Morgan fingerprint density at radius 1 is 0.900 bits per heavy atom. The Morgan fingerprint density at radius 2 is 1.53 bits per heavy atom. The summed E-state index contributed by atoms with van der Waals surface area (Å²) < 4.78 is 57.2. The van der Waals surface area contributed by atoms with Gasteiger partial charge in [0.2, 0.25) is 5.75 Å². The molecule has 0 aliphatic heterocycles. The normalized spacial score (nSPS) is 10.9. The Morgan fingerprint density at radius 3 is 2.10 bits per heavy atom. The number of ether oxygens (including phenoxy) is 3. The zero-order valence-electron chi connectivity index (χ0n) is 16.5. The molecule has 0 amide bonds. The summed E-state index contributed by atoms with van der Waals surface area (Å²) in [5.41, 5.74) is 0.695. The molecule has 0 radical (unpaired) electrons. The number of hydrogen-bond donors (Lipinski definition) is 2. The Hall–Kier alpha value is -3.53. The Kier molecular flexibility index (Phi) is 6.26. The summed E-state index contributed by atoms with van der Waals surface area (Å²) in [5.74, 6) is 0.802. The number of anilines is 3. The number of pyridine rings is 1. The van der Waals surface area contributed by atoms with Crippen LogP contribution in [0, 0.1) is 5.82 Å². The third-order valence-corrected chi connectivity index (χ3v) is 5.50. The summed E-state index contributed by atoms with van der Waals surface area (Å²) in [6.45, 7) is 0. The highest BCUT2D eigenvalue weighted by Gasteiger charge is 2.21. The van der Waals surface area contributed by atoms with Gasteiger partial charge in [-0.3, -0.25) is 4.72 Å². The van der Waals surface area contributed by atoms with Crippen LogP contribution in [-0.2, 0) is 10.0 Å². The molecule has 0 atom stereocenters. The highest BCUT2D eigenvalue weighted by atomic mass is 32.2. The lowest BCUT2D eigenvalue weighted by molar-refractivity contribution is 0.324. The fraction of sp³-hybridized carbons (Fsp3) is 0.150. The molecule has 2 aromatic carbocycles. The van der Waals surface area contributed by atoms with Gasteiger partial charge in [0.1, 0.15) is 10.7 Å². The molecule has 0 saturated carbocycles. The van der Waals surface area contributed by atoms with Crippen molar-refractivity contribution in [2.24, 2.45) is 0 Å². The van der Waals surface area contributed by atoms with Gasteiger partial charge >= 0.3 is 0 Å². The average molecular weight is 433 g/mol. The fourth-order valence-corrected chi connectivity index (χ4v) is 3.89. The fourth-order valence-electron chi connectivity index (χ4n) is 2.72. The van der Waals surface area contributed by atoms with E-state index in [1.165, 1.54) is 51.8 Å². The van der Waals surface area contributed by atoms with E-state index in [0.717, 1.165) is 12.1 Å². The van der Waals surface area contributed by atoms with Crippen molar-refractivity contribution in [1.82, 2.24) is 4.98 Å². The Balaban J connectivity index is 1.97. The zero-order valence-corrected chi connectivity index (χ0v) is 17.3. The van der Waals surface area contributed by atoms with E-state index >= 15 is 0 Å². The lowest BCUT2D eigenvalue weighted by atomic mass is 10.2. The van der Waals surface area contributed by atoms with Crippen molar-refractivity contribution in [3.05, 3.63) is 60.5 Å². The lowest BCUT2D eigenvalue weighted by Gasteiger charge is -2.16. The number of rotatable bonds is 8. The molecule has 2 N–H and O–H groups in total. The minimum atomic E-state index is -4.01. The van der Waals surface area contributed by atoms with Crippen LogP contribution in [0.1, 0.15) is 0 Å². The first-order valence-corrected chi connectivity index (χ1v) is 10.2. The molecular weight excluding hydrogens is 413 g/mol. The van der Waals surface area contributed by atoms with Gasteiger partial charge in [-0.05, 0) is 36.4 Å². The summed E-state index contributed by atoms with van der Waals surface area (Å²) in [5, 5.41) is 2.97. The largest absolute Gasteiger partial charge is 0.493 e. The van der Waals surface area contributed by atoms with E-state index in [0.29, 0.717) is 22.9 Å². The van der Waals surface area contributed by atoms with Gasteiger partial charge < -0.3 is 19.5 Å². The van der Waals surface area contributed by atoms with E-state index in [2.05, 4.69) is 15.0 Å². The first kappa shape index (κ1) is 21.2. The van der Waals surface area contributed by atoms with Crippen molar-refractivity contribution < 1.29 is 27.0 Å². The number of nitrogens with zero attached hydrogens (tertiary/aromatic N) is 1. The van der Waals surface area contributed by atoms with Crippen LogP contribution in [0.25, 0.3) is 0 Å². The SMILES string of the molecule is COc1cc(Nc2ncccc2S(=O)(=O)Nc2ccc(F)cc2)cc(OC)c1OC. The van der Waals surface area contributed by atoms with Gasteiger partial charge in [-0.1, -0.05) is 0 Å². The summed E-state index contributed by atoms with van der Waals surface area (Å²) in [6.07, 6.45) is 1.46. The van der Waals surface area contributed by atoms with E-state index in [-0.39, 0.29) is 16.4 Å². The molecule has 0 fully saturated rings. The van der Waals surface area contributed by atoms with Crippen LogP contribution in [0.4, 0.5) is 21.6 Å². The van der Waals surface area contributed by atoms with Crippen LogP contribution in [-0.4, -0.2) is 34.7 Å². The summed E-state index contributed by atoms with van der Waals surface area (Å²) in [7, 11) is 0.431. The average Bonchev–Trinajstić information content (AvgIpc) is 2.74. The minimum Gasteiger partial charge on any atom is -0.493 e. The van der Waals surface area contributed by atoms with E-state index in [1.807, 2.05) is 0 Å². The van der Waals surface area contributed by atoms with Crippen LogP contribution >= 0.6 is 0 Å². The first-order valence-electron chi connectivity index (χ1n) is 8.68. The van der Waals surface area contributed by atoms with Crippen molar-refractivity contribution in [2.45, 2.75) is 4.90 Å². The molecule has 8 nitrogen and oxygen atoms in total. The van der Waals surface area contributed by atoms with Gasteiger partial charge in [0.25, 0.3) is 10.0 Å². The van der Waals surface area contributed by atoms with Crippen molar-refractivity contribution in [3.63, 3.8) is 0 Å². The second kappa shape index (κ2) is 8.87. The Labute approximate surface area is 173 Å². The molecule has 0 saturated heterocycles. The van der Waals surface area contributed by atoms with Crippen molar-refractivity contribution >= 4 is 27.2 Å². The van der Waals surface area contributed by atoms with Crippen molar-refractivity contribution in [3.8, 4) is 17.2 Å². The van der Waals surface area contributed by atoms with Gasteiger partial charge in [-0.15, -0.1) is 0 Å². The maximum atomic E-state index is 13.1. The number of methoxy groups -OCH3 is 3. The first-order chi connectivity index (χ1) is 14.4. The molecular formula is C20H20FN3O5S. The molecule has 10 heteroatoms. The number of halogens is 1. The molecule has 1 heterocycles. The van der Waals surface area contributed by atoms with E-state index in [1.54, 1.807) is 12.1 Å². The third-order valence-electron chi connectivity index (χ3n) is 4.08. The Bertz CT molecular complexity index is 1110. The molecule has 3 rings (SSSR count). The standard InChI is InChI=1S/C20H20FN3O5S/c1-27-16-11-15(12-17(28-2)19(16)29-3)23-20-18(5-4-10-22-20)30(25,26)24-14-8-6-13(21)7-9-14/h4-12,24H,1-3H3,(H,22,23). The highest BCUT2D eigenvalue weighted by molar-refractivity contribution is 7.92. The summed E-state index contributed by atoms with van der Waals surface area (Å²) >= 11 is 0. The number of benzene rings is 2. The second-order valence-electron chi connectivity index (χ2n) is 6.00. The minimum absolute atomic E-state index is 0.0846. The number of hydrogen-bond acceptors (Lipinski definition) is 7. The van der Waals surface area contributed by atoms with Crippen LogP contribution in [0.5, 0.6) is 17.2 Å². The second-order valence-corrected chi connectivity index (χ2v) is 7.65. The number of sulfonamides is 1. The summed E-state index contributed by atoms with van der Waals surface area (Å²) in [6, 6.07) is 11.1. The van der Waals surface area contributed by atoms with Crippen LogP contribution in [0.3, 0.4) is 0 Å². The molecule has 0 unspecified atom stereocenters. The van der Waals surface area contributed by atoms with Crippen LogP contribution in [0.15, 0.2) is 59.6 Å². The van der Waals surface area contributed by atoms with Gasteiger partial charge in [0.05, 0.1) is 21.3 Å². The summed E-state index contributed by atoms with van der Waals surface area (Å²) in [4.78, 5) is 4.05. The molecule has 0 aliphatic rings. The molecule has 0 spiro atoms. The maximum absolute atomic E-state index is 13.1. The molecule has 30 heavy (non-hydrogen) atoms.